The van der Waals surface area contributed by atoms with Crippen molar-refractivity contribution >= 4 is 28.9 Å². The van der Waals surface area contributed by atoms with E-state index in [-0.39, 0.29) is 4.92 Å². The van der Waals surface area contributed by atoms with Crippen molar-refractivity contribution in [1.82, 2.24) is 0 Å². The maximum Gasteiger partial charge on any atom is 0.285 e. The molecule has 8 nitrogen and oxygen atoms in total. The van der Waals surface area contributed by atoms with Gasteiger partial charge in [-0.05, 0) is 47.5 Å². The fraction of sp³-hybridized carbons (Fsp3) is 0.133. The summed E-state index contributed by atoms with van der Waals surface area (Å²) >= 11 is 0. The lowest BCUT2D eigenvalue weighted by atomic mass is 9.51. The van der Waals surface area contributed by atoms with Crippen molar-refractivity contribution < 1.29 is 14.5 Å². The highest BCUT2D eigenvalue weighted by atomic mass is 16.6. The first kappa shape index (κ1) is 22.2. The third-order valence-corrected chi connectivity index (χ3v) is 8.01. The molecule has 0 saturated carbocycles. The van der Waals surface area contributed by atoms with Crippen LogP contribution in [0.1, 0.15) is 28.2 Å². The Morgan fingerprint density at radius 2 is 1.21 bits per heavy atom. The van der Waals surface area contributed by atoms with E-state index in [1.165, 1.54) is 0 Å². The number of anilines is 1. The number of nitro groups is 1. The molecular weight excluding hydrogens is 480 g/mol. The van der Waals surface area contributed by atoms with E-state index < -0.39 is 35.1 Å². The van der Waals surface area contributed by atoms with E-state index in [9.17, 15) is 19.7 Å². The number of carbonyl (C=O) groups is 2. The molecule has 4 aromatic carbocycles. The maximum atomic E-state index is 14.0. The summed E-state index contributed by atoms with van der Waals surface area (Å²) in [5, 5.41) is 21.5. The minimum Gasteiger partial charge on any atom is -0.274 e. The molecule has 8 heteroatoms. The minimum atomic E-state index is -1.84. The van der Waals surface area contributed by atoms with Crippen LogP contribution in [0.3, 0.4) is 0 Å². The Kier molecular flexibility index (Phi) is 4.69. The topological polar surface area (TPSA) is 105 Å². The van der Waals surface area contributed by atoms with Crippen LogP contribution in [0.4, 0.5) is 17.1 Å². The lowest BCUT2D eigenvalue weighted by Crippen LogP contribution is -2.57. The number of hydrogen-bond acceptors (Lipinski definition) is 6. The zero-order chi connectivity index (χ0) is 26.0. The van der Waals surface area contributed by atoms with Gasteiger partial charge in [-0.15, -0.1) is 0 Å². The second kappa shape index (κ2) is 8.01. The van der Waals surface area contributed by atoms with Crippen molar-refractivity contribution in [2.45, 2.75) is 11.5 Å². The van der Waals surface area contributed by atoms with E-state index in [0.717, 1.165) is 16.0 Å². The first-order chi connectivity index (χ1) is 18.5. The Labute approximate surface area is 217 Å². The zero-order valence-corrected chi connectivity index (χ0v) is 20.0. The largest absolute Gasteiger partial charge is 0.285 e. The summed E-state index contributed by atoms with van der Waals surface area (Å²) in [5.41, 5.74) is 2.25. The molecule has 0 radical (unpaired) electrons. The highest BCUT2D eigenvalue weighted by Gasteiger charge is 2.74. The number of nitrogens with zero attached hydrogens (tertiary/aromatic N) is 4. The molecule has 0 spiro atoms. The Balaban J connectivity index is 1.33. The summed E-state index contributed by atoms with van der Waals surface area (Å²) < 4.78 is 0. The molecule has 4 aliphatic rings. The number of rotatable bonds is 4. The van der Waals surface area contributed by atoms with Crippen molar-refractivity contribution in [1.29, 1.82) is 0 Å². The van der Waals surface area contributed by atoms with Gasteiger partial charge in [0.25, 0.3) is 5.54 Å². The summed E-state index contributed by atoms with van der Waals surface area (Å²) in [6.45, 7) is 0. The van der Waals surface area contributed by atoms with Gasteiger partial charge in [0, 0.05) is 22.0 Å². The molecule has 184 valence electrons. The number of azo groups is 1. The smallest absolute Gasteiger partial charge is 0.274 e. The van der Waals surface area contributed by atoms with Gasteiger partial charge in [-0.1, -0.05) is 66.7 Å². The van der Waals surface area contributed by atoms with E-state index in [2.05, 4.69) is 10.2 Å². The van der Waals surface area contributed by atoms with Crippen LogP contribution in [0.2, 0.25) is 0 Å². The number of imide groups is 1. The van der Waals surface area contributed by atoms with E-state index in [1.54, 1.807) is 48.5 Å². The van der Waals surface area contributed by atoms with Crippen LogP contribution >= 0.6 is 0 Å². The molecule has 38 heavy (non-hydrogen) atoms. The fourth-order valence-corrected chi connectivity index (χ4v) is 6.57. The zero-order valence-electron chi connectivity index (χ0n) is 20.0. The Bertz CT molecular complexity index is 1620. The van der Waals surface area contributed by atoms with E-state index in [1.807, 2.05) is 54.6 Å². The highest BCUT2D eigenvalue weighted by Crippen LogP contribution is 2.64. The number of amides is 2. The molecule has 3 aliphatic carbocycles. The molecule has 8 rings (SSSR count). The first-order valence-corrected chi connectivity index (χ1v) is 12.3. The molecule has 2 amide bonds. The average molecular weight is 501 g/mol. The van der Waals surface area contributed by atoms with Crippen molar-refractivity contribution in [2.75, 3.05) is 4.90 Å². The van der Waals surface area contributed by atoms with E-state index in [0.29, 0.717) is 28.2 Å². The van der Waals surface area contributed by atoms with Gasteiger partial charge in [-0.3, -0.25) is 19.7 Å². The Morgan fingerprint density at radius 1 is 0.684 bits per heavy atom. The van der Waals surface area contributed by atoms with Crippen molar-refractivity contribution in [3.63, 3.8) is 0 Å². The SMILES string of the molecule is O=C1[C@@H]2C3c4ccccc4C([N+](=O)[O-])(c4ccccc43)[C@H]2C(=O)N1c1ccc(N=Nc2ccccc2)cc1. The number of carbonyl (C=O) groups excluding carboxylic acids is 2. The predicted molar refractivity (Wildman–Crippen MR) is 139 cm³/mol. The molecule has 4 aromatic rings. The van der Waals surface area contributed by atoms with Crippen LogP contribution in [-0.2, 0) is 15.1 Å². The predicted octanol–water partition coefficient (Wildman–Crippen LogP) is 5.89. The van der Waals surface area contributed by atoms with Gasteiger partial charge in [0.2, 0.25) is 11.8 Å². The molecular formula is C30H20N4O4. The molecule has 0 unspecified atom stereocenters. The van der Waals surface area contributed by atoms with Crippen molar-refractivity contribution in [3.8, 4) is 0 Å². The van der Waals surface area contributed by atoms with Gasteiger partial charge in [-0.25, -0.2) is 4.90 Å². The summed E-state index contributed by atoms with van der Waals surface area (Å²) in [4.78, 5) is 41.8. The monoisotopic (exact) mass is 500 g/mol. The minimum absolute atomic E-state index is 0.360. The molecule has 2 bridgehead atoms. The summed E-state index contributed by atoms with van der Waals surface area (Å²) in [5.74, 6) is -3.41. The quantitative estimate of drug-likeness (QED) is 0.151. The lowest BCUT2D eigenvalue weighted by molar-refractivity contribution is -0.578. The summed E-state index contributed by atoms with van der Waals surface area (Å²) in [7, 11) is 0. The molecule has 1 aliphatic heterocycles. The van der Waals surface area contributed by atoms with Crippen LogP contribution in [0.25, 0.3) is 0 Å². The van der Waals surface area contributed by atoms with Gasteiger partial charge in [0.1, 0.15) is 5.92 Å². The van der Waals surface area contributed by atoms with Gasteiger partial charge in [0.05, 0.1) is 23.0 Å². The Hall–Kier alpha value is -4.98. The van der Waals surface area contributed by atoms with Crippen LogP contribution in [0, 0.1) is 22.0 Å². The van der Waals surface area contributed by atoms with E-state index >= 15 is 0 Å². The molecule has 0 aromatic heterocycles. The van der Waals surface area contributed by atoms with E-state index in [4.69, 9.17) is 0 Å². The van der Waals surface area contributed by atoms with Crippen LogP contribution in [0.15, 0.2) is 113 Å². The molecule has 2 atom stereocenters. The molecule has 1 saturated heterocycles. The van der Waals surface area contributed by atoms with Crippen LogP contribution in [0.5, 0.6) is 0 Å². The van der Waals surface area contributed by atoms with Gasteiger partial charge >= 0.3 is 0 Å². The van der Waals surface area contributed by atoms with Crippen molar-refractivity contribution in [3.05, 3.63) is 135 Å². The molecule has 1 fully saturated rings. The normalized spacial score (nSPS) is 24.8. The second-order valence-electron chi connectivity index (χ2n) is 9.74. The number of hydrogen-bond donors (Lipinski definition) is 0. The third-order valence-electron chi connectivity index (χ3n) is 8.01. The fourth-order valence-electron chi connectivity index (χ4n) is 6.57. The van der Waals surface area contributed by atoms with Gasteiger partial charge < -0.3 is 0 Å². The maximum absolute atomic E-state index is 14.0. The molecule has 0 N–H and O–H groups in total. The first-order valence-electron chi connectivity index (χ1n) is 12.3. The average Bonchev–Trinajstić information content (AvgIpc) is 3.23. The van der Waals surface area contributed by atoms with Crippen molar-refractivity contribution in [2.24, 2.45) is 22.1 Å². The van der Waals surface area contributed by atoms with Crippen LogP contribution < -0.4 is 4.90 Å². The Morgan fingerprint density at radius 3 is 1.79 bits per heavy atom. The van der Waals surface area contributed by atoms with Crippen LogP contribution in [-0.4, -0.2) is 16.7 Å². The number of benzene rings is 4. The standard InChI is InChI=1S/C30H20N4O4/c35-28-26-25-21-10-4-6-12-23(21)30(34(37)38,24-13-7-5-11-22(24)25)27(26)29(36)33(28)20-16-14-19(15-17-20)32-31-18-8-2-1-3-9-18/h1-17,25-27H/t25?,26-,27-,30?/m1/s1. The summed E-state index contributed by atoms with van der Waals surface area (Å²) in [6, 6.07) is 30.2. The highest BCUT2D eigenvalue weighted by molar-refractivity contribution is 6.23. The summed E-state index contributed by atoms with van der Waals surface area (Å²) in [6.07, 6.45) is 0. The second-order valence-corrected chi connectivity index (χ2v) is 9.74. The third kappa shape index (κ3) is 2.79. The van der Waals surface area contributed by atoms with Gasteiger partial charge in [0.15, 0.2) is 0 Å². The lowest BCUT2D eigenvalue weighted by Gasteiger charge is -2.48. The van der Waals surface area contributed by atoms with Gasteiger partial charge in [-0.2, -0.15) is 10.2 Å². The molecule has 1 heterocycles.